The average molecular weight is 545 g/mol. The minimum absolute atomic E-state index is 0.0173. The van der Waals surface area contributed by atoms with Gasteiger partial charge in [0.25, 0.3) is 0 Å². The third-order valence-electron chi connectivity index (χ3n) is 6.00. The summed E-state index contributed by atoms with van der Waals surface area (Å²) in [5.74, 6) is -2.76. The number of carboxylic acid groups (broad SMARTS) is 1. The molecule has 0 spiro atoms. The molecule has 1 aromatic heterocycles. The summed E-state index contributed by atoms with van der Waals surface area (Å²) < 4.78 is 0. The van der Waals surface area contributed by atoms with Crippen molar-refractivity contribution in [3.63, 3.8) is 0 Å². The molecule has 4 unspecified atom stereocenters. The largest absolute Gasteiger partial charge is 0.508 e. The molecule has 12 heteroatoms. The van der Waals surface area contributed by atoms with E-state index >= 15 is 0 Å². The Morgan fingerprint density at radius 3 is 1.95 bits per heavy atom. The zero-order valence-corrected chi connectivity index (χ0v) is 22.8. The number of phenolic OH excluding ortho intramolecular Hbond substituents is 1. The van der Waals surface area contributed by atoms with Gasteiger partial charge in [0.05, 0.1) is 12.4 Å². The summed E-state index contributed by atoms with van der Waals surface area (Å²) in [4.78, 5) is 57.9. The Morgan fingerprint density at radius 2 is 1.41 bits per heavy atom. The number of hydrogen-bond donors (Lipinski definition) is 7. The van der Waals surface area contributed by atoms with Gasteiger partial charge in [-0.3, -0.25) is 14.4 Å². The van der Waals surface area contributed by atoms with Crippen molar-refractivity contribution >= 4 is 23.7 Å². The minimum atomic E-state index is -1.28. The number of carbonyl (C=O) groups excluding carboxylic acids is 3. The van der Waals surface area contributed by atoms with E-state index in [-0.39, 0.29) is 30.4 Å². The van der Waals surface area contributed by atoms with E-state index < -0.39 is 47.9 Å². The van der Waals surface area contributed by atoms with Gasteiger partial charge in [-0.15, -0.1) is 0 Å². The van der Waals surface area contributed by atoms with Gasteiger partial charge in [0.1, 0.15) is 23.9 Å². The van der Waals surface area contributed by atoms with Crippen molar-refractivity contribution in [1.82, 2.24) is 25.9 Å². The van der Waals surface area contributed by atoms with Crippen molar-refractivity contribution in [3.8, 4) is 5.75 Å². The van der Waals surface area contributed by atoms with Crippen molar-refractivity contribution in [2.75, 3.05) is 0 Å². The number of aromatic amines is 1. The van der Waals surface area contributed by atoms with E-state index in [1.807, 2.05) is 27.7 Å². The summed E-state index contributed by atoms with van der Waals surface area (Å²) in [6, 6.07) is 1.90. The second kappa shape index (κ2) is 14.9. The molecule has 0 saturated heterocycles. The number of aliphatic carboxylic acids is 1. The lowest BCUT2D eigenvalue weighted by Crippen LogP contribution is -2.58. The van der Waals surface area contributed by atoms with Crippen LogP contribution in [0.4, 0.5) is 0 Å². The van der Waals surface area contributed by atoms with Crippen molar-refractivity contribution in [1.29, 1.82) is 0 Å². The van der Waals surface area contributed by atoms with Crippen LogP contribution in [0.3, 0.4) is 0 Å². The van der Waals surface area contributed by atoms with Gasteiger partial charge >= 0.3 is 5.97 Å². The molecule has 0 aliphatic carbocycles. The molecule has 1 heterocycles. The Labute approximate surface area is 228 Å². The summed E-state index contributed by atoms with van der Waals surface area (Å²) in [6.07, 6.45) is 3.59. The van der Waals surface area contributed by atoms with Crippen LogP contribution in [0.5, 0.6) is 5.75 Å². The molecule has 0 saturated carbocycles. The number of H-pyrrole nitrogens is 1. The van der Waals surface area contributed by atoms with Crippen molar-refractivity contribution in [2.24, 2.45) is 17.6 Å². The smallest absolute Gasteiger partial charge is 0.326 e. The Kier molecular flexibility index (Phi) is 11.9. The number of carboxylic acids is 1. The quantitative estimate of drug-likeness (QED) is 0.171. The predicted molar refractivity (Wildman–Crippen MR) is 144 cm³/mol. The lowest BCUT2D eigenvalue weighted by molar-refractivity contribution is -0.142. The third-order valence-corrected chi connectivity index (χ3v) is 6.00. The van der Waals surface area contributed by atoms with E-state index in [1.54, 1.807) is 12.1 Å². The van der Waals surface area contributed by atoms with Crippen molar-refractivity contribution < 1.29 is 29.4 Å². The Bertz CT molecular complexity index is 1090. The lowest BCUT2D eigenvalue weighted by atomic mass is 9.99. The molecule has 12 nitrogen and oxygen atoms in total. The lowest BCUT2D eigenvalue weighted by Gasteiger charge is -2.26. The van der Waals surface area contributed by atoms with E-state index in [1.165, 1.54) is 24.7 Å². The van der Waals surface area contributed by atoms with Gasteiger partial charge in [-0.25, -0.2) is 9.78 Å². The van der Waals surface area contributed by atoms with E-state index in [9.17, 15) is 29.4 Å². The first-order valence-corrected chi connectivity index (χ1v) is 13.0. The monoisotopic (exact) mass is 544 g/mol. The highest BCUT2D eigenvalue weighted by molar-refractivity contribution is 5.94. The molecule has 0 bridgehead atoms. The van der Waals surface area contributed by atoms with E-state index in [2.05, 4.69) is 25.9 Å². The summed E-state index contributed by atoms with van der Waals surface area (Å²) >= 11 is 0. The molecule has 8 N–H and O–H groups in total. The first kappa shape index (κ1) is 31.3. The van der Waals surface area contributed by atoms with Crippen LogP contribution in [0.25, 0.3) is 0 Å². The number of amides is 3. The number of nitrogens with two attached hydrogens (primary N) is 1. The molecular weight excluding hydrogens is 504 g/mol. The number of rotatable bonds is 15. The summed E-state index contributed by atoms with van der Waals surface area (Å²) in [5, 5.41) is 27.2. The SMILES string of the molecule is CC(C)CC(N)C(=O)NC(CC(C)C)C(=O)NC(Cc1ccc(O)cc1)C(=O)NC(Cc1cnc[nH]1)C(=O)O. The van der Waals surface area contributed by atoms with Gasteiger partial charge in [0, 0.05) is 24.7 Å². The molecule has 2 rings (SSSR count). The van der Waals surface area contributed by atoms with Gasteiger partial charge in [-0.1, -0.05) is 39.8 Å². The van der Waals surface area contributed by atoms with E-state index in [0.29, 0.717) is 24.1 Å². The molecule has 4 atom stereocenters. The van der Waals surface area contributed by atoms with Crippen LogP contribution in [-0.4, -0.2) is 68.0 Å². The molecule has 39 heavy (non-hydrogen) atoms. The van der Waals surface area contributed by atoms with Gasteiger partial charge < -0.3 is 36.9 Å². The number of carbonyl (C=O) groups is 4. The normalized spacial score (nSPS) is 14.3. The van der Waals surface area contributed by atoms with E-state index in [0.717, 1.165) is 0 Å². The summed E-state index contributed by atoms with van der Waals surface area (Å²) in [5.41, 5.74) is 7.14. The fourth-order valence-electron chi connectivity index (χ4n) is 4.03. The number of phenols is 1. The Hall–Kier alpha value is -3.93. The fourth-order valence-corrected chi connectivity index (χ4v) is 4.03. The van der Waals surface area contributed by atoms with Gasteiger partial charge in [0.15, 0.2) is 0 Å². The van der Waals surface area contributed by atoms with Crippen LogP contribution in [0, 0.1) is 11.8 Å². The van der Waals surface area contributed by atoms with E-state index in [4.69, 9.17) is 5.73 Å². The van der Waals surface area contributed by atoms with Crippen LogP contribution in [-0.2, 0) is 32.0 Å². The zero-order valence-electron chi connectivity index (χ0n) is 22.8. The summed E-state index contributed by atoms with van der Waals surface area (Å²) in [7, 11) is 0. The maximum atomic E-state index is 13.4. The number of aromatic nitrogens is 2. The molecule has 2 aromatic rings. The summed E-state index contributed by atoms with van der Waals surface area (Å²) in [6.45, 7) is 7.67. The first-order chi connectivity index (χ1) is 18.3. The number of nitrogens with one attached hydrogen (secondary N) is 4. The zero-order chi connectivity index (χ0) is 29.1. The molecule has 3 amide bonds. The van der Waals surface area contributed by atoms with Crippen LogP contribution in [0.2, 0.25) is 0 Å². The van der Waals surface area contributed by atoms with Crippen LogP contribution in [0.15, 0.2) is 36.8 Å². The standard InChI is InChI=1S/C27H40N6O6/c1-15(2)9-20(28)24(35)31-21(10-16(3)4)25(36)32-22(11-17-5-7-19(34)8-6-17)26(37)33-23(27(38)39)12-18-13-29-14-30-18/h5-8,13-16,20-23,34H,9-12,28H2,1-4H3,(H,29,30)(H,31,35)(H,32,36)(H,33,37)(H,38,39). The van der Waals surface area contributed by atoms with Crippen molar-refractivity contribution in [3.05, 3.63) is 48.0 Å². The number of benzene rings is 1. The highest BCUT2D eigenvalue weighted by Crippen LogP contribution is 2.13. The highest BCUT2D eigenvalue weighted by atomic mass is 16.4. The van der Waals surface area contributed by atoms with Gasteiger partial charge in [-0.2, -0.15) is 0 Å². The molecule has 0 radical (unpaired) electrons. The van der Waals surface area contributed by atoms with Crippen LogP contribution >= 0.6 is 0 Å². The molecule has 0 aliphatic heterocycles. The molecule has 0 aliphatic rings. The maximum Gasteiger partial charge on any atom is 0.326 e. The minimum Gasteiger partial charge on any atom is -0.508 e. The number of hydrogen-bond acceptors (Lipinski definition) is 7. The topological polar surface area (TPSA) is 200 Å². The highest BCUT2D eigenvalue weighted by Gasteiger charge is 2.31. The molecule has 214 valence electrons. The number of nitrogens with zero attached hydrogens (tertiary/aromatic N) is 1. The predicted octanol–water partition coefficient (Wildman–Crippen LogP) is 0.859. The number of imidazole rings is 1. The second-order valence-electron chi connectivity index (χ2n) is 10.5. The third kappa shape index (κ3) is 10.8. The molecular formula is C27H40N6O6. The van der Waals surface area contributed by atoms with Gasteiger partial charge in [0.2, 0.25) is 17.7 Å². The average Bonchev–Trinajstić information content (AvgIpc) is 3.36. The Morgan fingerprint density at radius 1 is 0.846 bits per heavy atom. The van der Waals surface area contributed by atoms with Crippen molar-refractivity contribution in [2.45, 2.75) is 77.5 Å². The molecule has 1 aromatic carbocycles. The molecule has 0 fully saturated rings. The first-order valence-electron chi connectivity index (χ1n) is 13.0. The Balaban J connectivity index is 2.25. The van der Waals surface area contributed by atoms with Crippen LogP contribution < -0.4 is 21.7 Å². The number of aromatic hydroxyl groups is 1. The van der Waals surface area contributed by atoms with Crippen LogP contribution in [0.1, 0.15) is 51.8 Å². The fraction of sp³-hybridized carbons (Fsp3) is 0.519. The maximum absolute atomic E-state index is 13.4. The second-order valence-corrected chi connectivity index (χ2v) is 10.5. The van der Waals surface area contributed by atoms with Gasteiger partial charge in [-0.05, 0) is 42.4 Å².